The summed E-state index contributed by atoms with van der Waals surface area (Å²) in [5, 5.41) is 0. The standard InChI is InChI=1S/C17H23ClO4/c1-4-13-15(22-17(2,3)21-13)14(10-11-18)20-16(19)12-8-6-5-7-9-12/h5-9,13-15H,4,10-11H2,1-3H3/t13?,14-,15?/m1/s1. The summed E-state index contributed by atoms with van der Waals surface area (Å²) in [6, 6.07) is 8.93. The Balaban J connectivity index is 2.11. The van der Waals surface area contributed by atoms with Crippen molar-refractivity contribution in [2.24, 2.45) is 0 Å². The average molecular weight is 327 g/mol. The van der Waals surface area contributed by atoms with Crippen LogP contribution in [0.1, 0.15) is 44.0 Å². The molecule has 2 rings (SSSR count). The summed E-state index contributed by atoms with van der Waals surface area (Å²) in [5.41, 5.74) is 0.522. The van der Waals surface area contributed by atoms with E-state index in [1.165, 1.54) is 0 Å². The number of ether oxygens (including phenoxy) is 3. The summed E-state index contributed by atoms with van der Waals surface area (Å²) in [7, 11) is 0. The van der Waals surface area contributed by atoms with Gasteiger partial charge >= 0.3 is 5.97 Å². The molecule has 1 aliphatic rings. The predicted molar refractivity (Wildman–Crippen MR) is 85.1 cm³/mol. The van der Waals surface area contributed by atoms with E-state index in [1.54, 1.807) is 24.3 Å². The molecule has 1 fully saturated rings. The first kappa shape index (κ1) is 17.3. The molecule has 22 heavy (non-hydrogen) atoms. The van der Waals surface area contributed by atoms with Crippen LogP contribution in [0.25, 0.3) is 0 Å². The van der Waals surface area contributed by atoms with Gasteiger partial charge in [-0.3, -0.25) is 0 Å². The number of hydrogen-bond donors (Lipinski definition) is 0. The second kappa shape index (κ2) is 7.44. The lowest BCUT2D eigenvalue weighted by atomic mass is 10.0. The Kier molecular flexibility index (Phi) is 5.84. The lowest BCUT2D eigenvalue weighted by Gasteiger charge is -2.25. The highest BCUT2D eigenvalue weighted by atomic mass is 35.5. The Morgan fingerprint density at radius 1 is 1.32 bits per heavy atom. The topological polar surface area (TPSA) is 44.8 Å². The zero-order valence-electron chi connectivity index (χ0n) is 13.3. The maximum absolute atomic E-state index is 12.3. The van der Waals surface area contributed by atoms with Crippen LogP contribution in [0.2, 0.25) is 0 Å². The van der Waals surface area contributed by atoms with Crippen molar-refractivity contribution < 1.29 is 19.0 Å². The zero-order valence-corrected chi connectivity index (χ0v) is 14.0. The molecule has 1 saturated heterocycles. The maximum Gasteiger partial charge on any atom is 0.338 e. The van der Waals surface area contributed by atoms with E-state index in [9.17, 15) is 4.79 Å². The molecule has 4 nitrogen and oxygen atoms in total. The number of halogens is 1. The summed E-state index contributed by atoms with van der Waals surface area (Å²) in [5.74, 6) is -0.641. The van der Waals surface area contributed by atoms with Gasteiger partial charge in [0.15, 0.2) is 5.79 Å². The van der Waals surface area contributed by atoms with Gasteiger partial charge in [-0.2, -0.15) is 0 Å². The van der Waals surface area contributed by atoms with Crippen LogP contribution < -0.4 is 0 Å². The van der Waals surface area contributed by atoms with Crippen molar-refractivity contribution in [3.05, 3.63) is 35.9 Å². The molecule has 0 amide bonds. The van der Waals surface area contributed by atoms with Crippen LogP contribution in [-0.2, 0) is 14.2 Å². The monoisotopic (exact) mass is 326 g/mol. The summed E-state index contributed by atoms with van der Waals surface area (Å²) >= 11 is 5.88. The molecule has 0 bridgehead atoms. The molecule has 0 aliphatic carbocycles. The lowest BCUT2D eigenvalue weighted by Crippen LogP contribution is -2.39. The van der Waals surface area contributed by atoms with Crippen molar-refractivity contribution in [1.29, 1.82) is 0 Å². The van der Waals surface area contributed by atoms with Crippen molar-refractivity contribution in [3.8, 4) is 0 Å². The second-order valence-electron chi connectivity index (χ2n) is 5.83. The molecular formula is C17H23ClO4. The van der Waals surface area contributed by atoms with Crippen LogP contribution in [0, 0.1) is 0 Å². The summed E-state index contributed by atoms with van der Waals surface area (Å²) in [4.78, 5) is 12.3. The van der Waals surface area contributed by atoms with E-state index in [-0.39, 0.29) is 18.2 Å². The smallest absolute Gasteiger partial charge is 0.338 e. The van der Waals surface area contributed by atoms with Gasteiger partial charge in [0.2, 0.25) is 0 Å². The van der Waals surface area contributed by atoms with Crippen LogP contribution in [0.4, 0.5) is 0 Å². The minimum Gasteiger partial charge on any atom is -0.456 e. The summed E-state index contributed by atoms with van der Waals surface area (Å²) in [6.07, 6.45) is 0.492. The number of carbonyl (C=O) groups is 1. The fourth-order valence-corrected chi connectivity index (χ4v) is 2.89. The van der Waals surface area contributed by atoms with Crippen molar-refractivity contribution >= 4 is 17.6 Å². The van der Waals surface area contributed by atoms with Crippen LogP contribution in [-0.4, -0.2) is 35.9 Å². The van der Waals surface area contributed by atoms with Gasteiger partial charge in [-0.25, -0.2) is 4.79 Å². The minimum atomic E-state index is -0.672. The molecule has 3 atom stereocenters. The molecular weight excluding hydrogens is 304 g/mol. The van der Waals surface area contributed by atoms with Crippen molar-refractivity contribution in [3.63, 3.8) is 0 Å². The van der Waals surface area contributed by atoms with Crippen molar-refractivity contribution in [2.45, 2.75) is 57.7 Å². The molecule has 1 aromatic carbocycles. The van der Waals surface area contributed by atoms with Crippen LogP contribution in [0.5, 0.6) is 0 Å². The Morgan fingerprint density at radius 2 is 2.00 bits per heavy atom. The number of carbonyl (C=O) groups excluding carboxylic acids is 1. The van der Waals surface area contributed by atoms with Crippen molar-refractivity contribution in [1.82, 2.24) is 0 Å². The zero-order chi connectivity index (χ0) is 16.2. The third-order valence-electron chi connectivity index (χ3n) is 3.65. The van der Waals surface area contributed by atoms with E-state index in [2.05, 4.69) is 0 Å². The number of rotatable bonds is 6. The Morgan fingerprint density at radius 3 is 2.59 bits per heavy atom. The van der Waals surface area contributed by atoms with E-state index in [1.807, 2.05) is 26.8 Å². The molecule has 2 unspecified atom stereocenters. The summed E-state index contributed by atoms with van der Waals surface area (Å²) in [6.45, 7) is 5.76. The number of hydrogen-bond acceptors (Lipinski definition) is 4. The number of esters is 1. The molecule has 0 spiro atoms. The predicted octanol–water partition coefficient (Wildman–Crippen LogP) is 3.77. The third kappa shape index (κ3) is 4.22. The minimum absolute atomic E-state index is 0.105. The molecule has 0 aromatic heterocycles. The van der Waals surface area contributed by atoms with E-state index in [0.717, 1.165) is 6.42 Å². The lowest BCUT2D eigenvalue weighted by molar-refractivity contribution is -0.155. The largest absolute Gasteiger partial charge is 0.456 e. The van der Waals surface area contributed by atoms with E-state index >= 15 is 0 Å². The first-order valence-corrected chi connectivity index (χ1v) is 8.18. The number of benzene rings is 1. The molecule has 5 heteroatoms. The molecule has 0 N–H and O–H groups in total. The highest BCUT2D eigenvalue weighted by Gasteiger charge is 2.45. The molecule has 0 radical (unpaired) electrons. The second-order valence-corrected chi connectivity index (χ2v) is 6.21. The van der Waals surface area contributed by atoms with Gasteiger partial charge in [0.25, 0.3) is 0 Å². The van der Waals surface area contributed by atoms with Crippen molar-refractivity contribution in [2.75, 3.05) is 5.88 Å². The highest BCUT2D eigenvalue weighted by Crippen LogP contribution is 2.33. The summed E-state index contributed by atoms with van der Waals surface area (Å²) < 4.78 is 17.5. The Hall–Kier alpha value is -1.10. The fourth-order valence-electron chi connectivity index (χ4n) is 2.67. The molecule has 122 valence electrons. The van der Waals surface area contributed by atoms with E-state index in [4.69, 9.17) is 25.8 Å². The van der Waals surface area contributed by atoms with Gasteiger partial charge in [-0.15, -0.1) is 11.6 Å². The van der Waals surface area contributed by atoms with Gasteiger partial charge in [0, 0.05) is 12.3 Å². The van der Waals surface area contributed by atoms with E-state index in [0.29, 0.717) is 17.9 Å². The normalized spacial score (nSPS) is 24.9. The first-order chi connectivity index (χ1) is 10.5. The molecule has 0 saturated carbocycles. The third-order valence-corrected chi connectivity index (χ3v) is 3.87. The fraction of sp³-hybridized carbons (Fsp3) is 0.588. The molecule has 1 aliphatic heterocycles. The Labute approximate surface area is 136 Å². The van der Waals surface area contributed by atoms with Gasteiger partial charge in [0.05, 0.1) is 11.7 Å². The van der Waals surface area contributed by atoms with Gasteiger partial charge in [0.1, 0.15) is 12.2 Å². The van der Waals surface area contributed by atoms with Gasteiger partial charge in [-0.05, 0) is 32.4 Å². The first-order valence-electron chi connectivity index (χ1n) is 7.64. The van der Waals surface area contributed by atoms with Crippen LogP contribution in [0.15, 0.2) is 30.3 Å². The maximum atomic E-state index is 12.3. The number of alkyl halides is 1. The Bertz CT molecular complexity index is 489. The SMILES string of the molecule is CCC1OC(C)(C)OC1[C@@H](CCCl)OC(=O)c1ccccc1. The van der Waals surface area contributed by atoms with E-state index < -0.39 is 11.9 Å². The highest BCUT2D eigenvalue weighted by molar-refractivity contribution is 6.17. The average Bonchev–Trinajstić information content (AvgIpc) is 2.82. The van der Waals surface area contributed by atoms with Crippen LogP contribution >= 0.6 is 11.6 Å². The van der Waals surface area contributed by atoms with Gasteiger partial charge in [-0.1, -0.05) is 25.1 Å². The van der Waals surface area contributed by atoms with Crippen LogP contribution in [0.3, 0.4) is 0 Å². The molecule has 1 heterocycles. The quantitative estimate of drug-likeness (QED) is 0.589. The molecule has 1 aromatic rings. The van der Waals surface area contributed by atoms with Gasteiger partial charge < -0.3 is 14.2 Å².